The van der Waals surface area contributed by atoms with Crippen molar-refractivity contribution >= 4 is 80.5 Å². The second-order valence-electron chi connectivity index (χ2n) is 21.0. The molecule has 1 aromatic heterocycles. The minimum absolute atomic E-state index is 0.0608. The summed E-state index contributed by atoms with van der Waals surface area (Å²) in [4.78, 5) is 143. The lowest BCUT2D eigenvalue weighted by atomic mass is 10.1. The van der Waals surface area contributed by atoms with E-state index in [1.54, 1.807) is 99.0 Å². The number of carbonyl (C=O) groups is 10. The fourth-order valence-corrected chi connectivity index (χ4v) is 10.5. The Labute approximate surface area is 495 Å². The van der Waals surface area contributed by atoms with E-state index in [4.69, 9.17) is 0 Å². The molecule has 25 nitrogen and oxygen atoms in total. The second kappa shape index (κ2) is 45.0. The lowest BCUT2D eigenvalue weighted by Crippen LogP contribution is -2.49. The summed E-state index contributed by atoms with van der Waals surface area (Å²) >= 11 is 0. The van der Waals surface area contributed by atoms with Gasteiger partial charge in [-0.15, -0.1) is 0 Å². The molecular formula is C55H99N15O10S2. The molecule has 0 bridgehead atoms. The van der Waals surface area contributed by atoms with Gasteiger partial charge in [0.25, 0.3) is 5.91 Å². The number of hydrogen-bond acceptors (Lipinski definition) is 18. The number of aromatic nitrogens is 1. The van der Waals surface area contributed by atoms with Gasteiger partial charge in [-0.3, -0.25) is 52.9 Å². The first-order valence-corrected chi connectivity index (χ1v) is 30.9. The Morgan fingerprint density at radius 2 is 1.06 bits per heavy atom. The molecule has 0 saturated carbocycles. The molecule has 0 aliphatic heterocycles. The minimum Gasteiger partial charge on any atom is -0.355 e. The number of unbranched alkanes of at least 4 members (excludes halogenated alkanes) is 4. The number of amides is 9. The third-order valence-electron chi connectivity index (χ3n) is 12.4. The molecule has 1 aromatic rings. The molecule has 0 spiro atoms. The van der Waals surface area contributed by atoms with E-state index in [0.29, 0.717) is 100 Å². The van der Waals surface area contributed by atoms with Crippen LogP contribution in [0.4, 0.5) is 0 Å². The average Bonchev–Trinajstić information content (AvgIpc) is 3.41. The highest BCUT2D eigenvalue weighted by molar-refractivity contribution is 8.76. The number of ketones is 1. The number of nitrogens with zero attached hydrogens (tertiary/aromatic N) is 6. The number of rotatable bonds is 47. The largest absolute Gasteiger partial charge is 0.355 e. The van der Waals surface area contributed by atoms with Crippen molar-refractivity contribution in [2.24, 2.45) is 0 Å². The number of hydrogen-bond donors (Lipinski definition) is 9. The molecule has 0 radical (unpaired) electrons. The smallest absolute Gasteiger partial charge is 0.256 e. The van der Waals surface area contributed by atoms with Crippen molar-refractivity contribution in [1.82, 2.24) is 77.3 Å². The monoisotopic (exact) mass is 1190 g/mol. The molecule has 9 amide bonds. The maximum absolute atomic E-state index is 14.5. The van der Waals surface area contributed by atoms with Crippen LogP contribution in [-0.4, -0.2) is 254 Å². The molecule has 0 saturated heterocycles. The summed E-state index contributed by atoms with van der Waals surface area (Å²) in [5.74, 6) is -1.93. The van der Waals surface area contributed by atoms with Gasteiger partial charge in [-0.1, -0.05) is 28.0 Å². The normalized spacial score (nSPS) is 12.3. The minimum atomic E-state index is -0.876. The van der Waals surface area contributed by atoms with E-state index in [-0.39, 0.29) is 124 Å². The zero-order valence-corrected chi connectivity index (χ0v) is 52.3. The zero-order chi connectivity index (χ0) is 61.2. The number of likely N-dealkylation sites (N-methyl/N-ethyl adjacent to an activating group) is 5. The van der Waals surface area contributed by atoms with E-state index in [2.05, 4.69) is 52.8 Å². The van der Waals surface area contributed by atoms with Crippen molar-refractivity contribution in [3.63, 3.8) is 0 Å². The number of carbonyl (C=O) groups excluding carboxylic acids is 10. The molecule has 9 N–H and O–H groups in total. The molecule has 27 heteroatoms. The summed E-state index contributed by atoms with van der Waals surface area (Å²) in [6.07, 6.45) is 9.86. The summed E-state index contributed by atoms with van der Waals surface area (Å²) in [5, 5.41) is 25.9. The molecule has 0 aliphatic rings. The SMILES string of the molecule is CNCCCNC(=O)[C@H](CC(C)=O)N(C)C(=O)CCCCCSSc1ccncc1C(=O)N(CCCNC(=O)[C@H](CCCCNC(=O)CNC)NC(=O)CN(C)C)CCCNC(=O)[C@H](CCCCNC(=O)CN(C)C)NC(=O)CN(C)C. The standard InChI is InChI=1S/C55H99N15O10S2/c1-41(71)35-45(54(79)63-28-18-25-56-2)69(10)51(76)23-12-11-17-34-81-82-46-24-31-58-36-42(46)55(80)70(32-19-29-61-52(77)43(64-49(74)39-67(6)7)21-13-15-26-59-47(72)37-57-3)33-20-30-62-53(78)44(65-50(75)40-68(8)9)22-14-16-27-60-48(73)38-66(4)5/h24,31,36,43-45,56-57H,11-23,25-30,32-35,37-40H2,1-10H3,(H,59,72)(H,60,73)(H,61,77)(H,62,78)(H,63,79)(H,64,74)(H,65,75)/t43-,44-,45-/m0/s1. The number of nitrogens with one attached hydrogen (secondary N) is 9. The van der Waals surface area contributed by atoms with Gasteiger partial charge in [0.2, 0.25) is 47.3 Å². The topological polar surface area (TPSA) is 308 Å². The molecular weight excluding hydrogens is 1090 g/mol. The predicted molar refractivity (Wildman–Crippen MR) is 323 cm³/mol. The van der Waals surface area contributed by atoms with Gasteiger partial charge < -0.3 is 72.4 Å². The van der Waals surface area contributed by atoms with E-state index >= 15 is 0 Å². The molecule has 0 unspecified atom stereocenters. The van der Waals surface area contributed by atoms with Crippen LogP contribution in [0.25, 0.3) is 0 Å². The van der Waals surface area contributed by atoms with Crippen LogP contribution in [0.5, 0.6) is 0 Å². The van der Waals surface area contributed by atoms with Crippen molar-refractivity contribution in [2.75, 3.05) is 148 Å². The zero-order valence-electron chi connectivity index (χ0n) is 50.6. The lowest BCUT2D eigenvalue weighted by Gasteiger charge is -2.27. The van der Waals surface area contributed by atoms with Gasteiger partial charge in [0.1, 0.15) is 23.9 Å². The first kappa shape index (κ1) is 74.6. The van der Waals surface area contributed by atoms with Crippen LogP contribution in [0.1, 0.15) is 107 Å². The van der Waals surface area contributed by atoms with Gasteiger partial charge in [0, 0.05) is 88.7 Å². The van der Waals surface area contributed by atoms with E-state index in [9.17, 15) is 47.9 Å². The van der Waals surface area contributed by atoms with Gasteiger partial charge in [0.05, 0.1) is 31.7 Å². The quantitative estimate of drug-likeness (QED) is 0.0302. The van der Waals surface area contributed by atoms with E-state index in [1.165, 1.54) is 28.8 Å². The lowest BCUT2D eigenvalue weighted by molar-refractivity contribution is -0.140. The second-order valence-corrected chi connectivity index (χ2v) is 23.5. The van der Waals surface area contributed by atoms with Crippen LogP contribution in [0.2, 0.25) is 0 Å². The Morgan fingerprint density at radius 3 is 1.59 bits per heavy atom. The van der Waals surface area contributed by atoms with Crippen molar-refractivity contribution < 1.29 is 47.9 Å². The summed E-state index contributed by atoms with van der Waals surface area (Å²) in [6.45, 7) is 4.86. The van der Waals surface area contributed by atoms with Gasteiger partial charge in [0.15, 0.2) is 0 Å². The van der Waals surface area contributed by atoms with Crippen LogP contribution < -0.4 is 47.9 Å². The van der Waals surface area contributed by atoms with Crippen molar-refractivity contribution in [2.45, 2.75) is 120 Å². The Balaban J connectivity index is 3.15. The fraction of sp³-hybridized carbons (Fsp3) is 0.727. The van der Waals surface area contributed by atoms with E-state index < -0.39 is 18.1 Å². The van der Waals surface area contributed by atoms with Crippen molar-refractivity contribution in [1.29, 1.82) is 0 Å². The Hall–Kier alpha value is -5.45. The first-order chi connectivity index (χ1) is 39.1. The van der Waals surface area contributed by atoms with Crippen LogP contribution in [0.15, 0.2) is 23.4 Å². The number of pyridine rings is 1. The highest BCUT2D eigenvalue weighted by atomic mass is 33.1. The molecule has 0 aromatic carbocycles. The summed E-state index contributed by atoms with van der Waals surface area (Å²) in [5.41, 5.74) is 0.375. The summed E-state index contributed by atoms with van der Waals surface area (Å²) in [6, 6.07) is -0.745. The molecule has 1 rings (SSSR count). The Morgan fingerprint density at radius 1 is 0.549 bits per heavy atom. The highest BCUT2D eigenvalue weighted by Crippen LogP contribution is 2.34. The molecule has 3 atom stereocenters. The molecule has 466 valence electrons. The summed E-state index contributed by atoms with van der Waals surface area (Å²) < 4.78 is 0. The van der Waals surface area contributed by atoms with Crippen LogP contribution >= 0.6 is 21.6 Å². The molecule has 0 fully saturated rings. The van der Waals surface area contributed by atoms with Crippen LogP contribution in [0.3, 0.4) is 0 Å². The van der Waals surface area contributed by atoms with Gasteiger partial charge >= 0.3 is 0 Å². The third-order valence-corrected chi connectivity index (χ3v) is 14.9. The van der Waals surface area contributed by atoms with Crippen molar-refractivity contribution in [3.05, 3.63) is 24.0 Å². The van der Waals surface area contributed by atoms with E-state index in [1.807, 2.05) is 7.05 Å². The van der Waals surface area contributed by atoms with Gasteiger partial charge in [-0.25, -0.2) is 0 Å². The first-order valence-electron chi connectivity index (χ1n) is 28.6. The molecule has 0 aliphatic carbocycles. The van der Waals surface area contributed by atoms with Gasteiger partial charge in [-0.2, -0.15) is 0 Å². The van der Waals surface area contributed by atoms with Crippen LogP contribution in [-0.2, 0) is 43.2 Å². The Bertz CT molecular complexity index is 2110. The van der Waals surface area contributed by atoms with Crippen molar-refractivity contribution in [3.8, 4) is 0 Å². The third kappa shape index (κ3) is 35.5. The average molecular weight is 1190 g/mol. The predicted octanol–water partition coefficient (Wildman–Crippen LogP) is -0.184. The highest BCUT2D eigenvalue weighted by Gasteiger charge is 2.28. The molecule has 82 heavy (non-hydrogen) atoms. The van der Waals surface area contributed by atoms with Gasteiger partial charge in [-0.05, 0) is 147 Å². The number of Topliss-reactive ketones (excluding diaryl/α,β-unsaturated/α-hetero) is 1. The maximum atomic E-state index is 14.5. The van der Waals surface area contributed by atoms with Crippen LogP contribution in [0, 0.1) is 0 Å². The Kier molecular flexibility index (Phi) is 41.0. The summed E-state index contributed by atoms with van der Waals surface area (Å²) in [7, 11) is 18.7. The molecule has 1 heterocycles. The van der Waals surface area contributed by atoms with E-state index in [0.717, 1.165) is 19.4 Å². The fourth-order valence-electron chi connectivity index (χ4n) is 8.21. The maximum Gasteiger partial charge on any atom is 0.256 e.